The van der Waals surface area contributed by atoms with Gasteiger partial charge in [-0.2, -0.15) is 15.3 Å². The molecule has 5 aromatic heterocycles. The van der Waals surface area contributed by atoms with E-state index in [1.165, 1.54) is 16.0 Å². The first kappa shape index (κ1) is 41.0. The van der Waals surface area contributed by atoms with Crippen molar-refractivity contribution in [3.8, 4) is 0 Å². The summed E-state index contributed by atoms with van der Waals surface area (Å²) in [5, 5.41) is 15.4. The number of ether oxygens (including phenoxy) is 2. The topological polar surface area (TPSA) is 141 Å². The van der Waals surface area contributed by atoms with E-state index < -0.39 is 31.2 Å². The minimum Gasteiger partial charge on any atom is -0.360 e. The molecule has 0 saturated heterocycles. The van der Waals surface area contributed by atoms with E-state index in [1.807, 2.05) is 47.3 Å². The van der Waals surface area contributed by atoms with Crippen LogP contribution in [0.3, 0.4) is 0 Å². The van der Waals surface area contributed by atoms with Crippen LogP contribution >= 0.6 is 11.3 Å². The van der Waals surface area contributed by atoms with Gasteiger partial charge >= 0.3 is 0 Å². The number of thiazole rings is 1. The maximum Gasteiger partial charge on any atom is 0.291 e. The second kappa shape index (κ2) is 16.0. The fourth-order valence-electron chi connectivity index (χ4n) is 7.29. The first-order valence-electron chi connectivity index (χ1n) is 19.8. The summed E-state index contributed by atoms with van der Waals surface area (Å²) in [6.07, 6.45) is 5.21. The minimum absolute atomic E-state index is 0.188. The molecule has 0 aliphatic heterocycles. The summed E-state index contributed by atoms with van der Waals surface area (Å²) in [6, 6.07) is 22.1. The van der Waals surface area contributed by atoms with Crippen molar-refractivity contribution in [1.82, 2.24) is 38.9 Å². The molecule has 0 radical (unpaired) electrons. The molecule has 0 aliphatic rings. The molecule has 0 bridgehead atoms. The Labute approximate surface area is 349 Å². The van der Waals surface area contributed by atoms with Gasteiger partial charge in [0, 0.05) is 52.6 Å². The van der Waals surface area contributed by atoms with Gasteiger partial charge in [0.1, 0.15) is 29.2 Å². The molecular weight excluding hydrogens is 817 g/mol. The van der Waals surface area contributed by atoms with Crippen molar-refractivity contribution >= 4 is 80.4 Å². The van der Waals surface area contributed by atoms with Crippen LogP contribution in [-0.4, -0.2) is 76.7 Å². The molecule has 0 spiro atoms. The van der Waals surface area contributed by atoms with Crippen molar-refractivity contribution in [3.05, 3.63) is 112 Å². The largest absolute Gasteiger partial charge is 0.360 e. The summed E-state index contributed by atoms with van der Waals surface area (Å²) in [4.78, 5) is 19.4. The fraction of sp³-hybridized carbons (Fsp3) is 0.357. The zero-order chi connectivity index (χ0) is 41.7. The highest BCUT2D eigenvalue weighted by molar-refractivity contribution is 7.92. The van der Waals surface area contributed by atoms with Crippen LogP contribution in [0.1, 0.15) is 21.4 Å². The normalized spacial score (nSPS) is 13.4. The predicted octanol–water partition coefficient (Wildman–Crippen LogP) is 8.28. The van der Waals surface area contributed by atoms with E-state index in [4.69, 9.17) is 14.5 Å². The smallest absolute Gasteiger partial charge is 0.291 e. The van der Waals surface area contributed by atoms with Gasteiger partial charge in [0.2, 0.25) is 0 Å². The van der Waals surface area contributed by atoms with E-state index in [0.29, 0.717) is 57.2 Å². The zero-order valence-corrected chi connectivity index (χ0v) is 38.2. The highest BCUT2D eigenvalue weighted by atomic mass is 32.2. The lowest BCUT2D eigenvalue weighted by Gasteiger charge is -2.18. The van der Waals surface area contributed by atoms with Crippen molar-refractivity contribution in [2.45, 2.75) is 81.5 Å². The zero-order valence-electron chi connectivity index (χ0n) is 34.5. The van der Waals surface area contributed by atoms with Crippen LogP contribution in [0.2, 0.25) is 51.4 Å². The van der Waals surface area contributed by atoms with Crippen LogP contribution in [0, 0.1) is 0 Å². The molecule has 0 fully saturated rings. The van der Waals surface area contributed by atoms with E-state index in [-0.39, 0.29) is 23.7 Å². The summed E-state index contributed by atoms with van der Waals surface area (Å²) < 4.78 is 49.0. The summed E-state index contributed by atoms with van der Waals surface area (Å²) in [7, 11) is -4.71. The van der Waals surface area contributed by atoms with Crippen LogP contribution in [0.15, 0.2) is 95.0 Å². The number of benzene rings is 3. The number of nitrogens with zero attached hydrogens (tertiary/aromatic N) is 8. The third-order valence-electron chi connectivity index (χ3n) is 10.7. The molecule has 0 N–H and O–H groups in total. The molecule has 59 heavy (non-hydrogen) atoms. The van der Waals surface area contributed by atoms with Gasteiger partial charge in [-0.3, -0.25) is 4.79 Å². The van der Waals surface area contributed by atoms with Crippen LogP contribution in [-0.2, 0) is 46.4 Å². The lowest BCUT2D eigenvalue weighted by Crippen LogP contribution is -2.24. The first-order chi connectivity index (χ1) is 28.1. The number of aryl methyl sites for hydroxylation is 1. The van der Waals surface area contributed by atoms with E-state index >= 15 is 0 Å². The Hall–Kier alpha value is -4.79. The van der Waals surface area contributed by atoms with Crippen molar-refractivity contribution in [3.63, 3.8) is 0 Å². The second-order valence-corrected chi connectivity index (χ2v) is 31.8. The van der Waals surface area contributed by atoms with Gasteiger partial charge in [-0.15, -0.1) is 11.3 Å². The Balaban J connectivity index is 1.14. The molecule has 1 atom stereocenters. The minimum atomic E-state index is -4.02. The van der Waals surface area contributed by atoms with Crippen molar-refractivity contribution in [2.24, 2.45) is 7.05 Å². The molecule has 308 valence electrons. The van der Waals surface area contributed by atoms with E-state index in [1.54, 1.807) is 59.0 Å². The number of aromatic nitrogens is 8. The first-order valence-corrected chi connectivity index (χ1v) is 29.6. The average molecular weight is 867 g/mol. The number of fused-ring (bicyclic) bond motifs is 5. The Morgan fingerprint density at radius 3 is 1.93 bits per heavy atom. The van der Waals surface area contributed by atoms with Crippen LogP contribution in [0.25, 0.3) is 43.1 Å². The number of hydrogen-bond acceptors (Lipinski definition) is 10. The standard InChI is InChI=1S/C42H50N8O5S2Si2/c1-47-37-34(25-43-48(42(37)51)26-29-13-11-17-35-32(29)23-44-49(35)27-54-19-21-58(2,3)4)38-40(47)46-41(56-38)39(57(52,53)30-14-9-8-10-15-30)31-16-12-18-36-33(31)24-45-50(36)28-55-20-22-59(5,6)7/h8-18,23-25,39H,19-22,26-28H2,1-7H3. The maximum atomic E-state index is 14.7. The van der Waals surface area contributed by atoms with E-state index in [0.717, 1.165) is 34.1 Å². The van der Waals surface area contributed by atoms with Gasteiger partial charge in [-0.25, -0.2) is 27.4 Å². The third kappa shape index (κ3) is 8.23. The summed E-state index contributed by atoms with van der Waals surface area (Å²) >= 11 is 1.27. The van der Waals surface area contributed by atoms with Crippen molar-refractivity contribution in [2.75, 3.05) is 13.2 Å². The van der Waals surface area contributed by atoms with Crippen molar-refractivity contribution < 1.29 is 17.9 Å². The third-order valence-corrected chi connectivity index (χ3v) is 17.4. The van der Waals surface area contributed by atoms with E-state index in [2.05, 4.69) is 54.6 Å². The van der Waals surface area contributed by atoms with Gasteiger partial charge in [0.25, 0.3) is 5.56 Å². The Bertz CT molecular complexity index is 2980. The van der Waals surface area contributed by atoms with Gasteiger partial charge in [-0.1, -0.05) is 81.7 Å². The molecule has 8 rings (SSSR count). The highest BCUT2D eigenvalue weighted by Crippen LogP contribution is 2.43. The molecule has 13 nitrogen and oxygen atoms in total. The SMILES string of the molecule is Cn1c2nc(C(c3cccc4c3cnn4COCC[Si](C)(C)C)S(=O)(=O)c3ccccc3)sc2c2cnn(Cc3cccc4c3cnn4COCC[Si](C)(C)C)c(=O)c21. The molecule has 3 aromatic carbocycles. The van der Waals surface area contributed by atoms with Crippen molar-refractivity contribution in [1.29, 1.82) is 0 Å². The van der Waals surface area contributed by atoms with Crippen LogP contribution in [0.4, 0.5) is 0 Å². The predicted molar refractivity (Wildman–Crippen MR) is 240 cm³/mol. The molecule has 1 unspecified atom stereocenters. The fourth-order valence-corrected chi connectivity index (χ4v) is 12.1. The summed E-state index contributed by atoms with van der Waals surface area (Å²) in [6.45, 7) is 16.1. The van der Waals surface area contributed by atoms with Crippen LogP contribution < -0.4 is 5.56 Å². The number of hydrogen-bond donors (Lipinski definition) is 0. The average Bonchev–Trinajstić information content (AvgIpc) is 3.97. The second-order valence-electron chi connectivity index (χ2n) is 17.5. The monoisotopic (exact) mass is 866 g/mol. The molecular formula is C42H50N8O5S2Si2. The number of rotatable bonds is 16. The van der Waals surface area contributed by atoms with Gasteiger partial charge in [0.15, 0.2) is 15.5 Å². The van der Waals surface area contributed by atoms with Gasteiger partial charge in [-0.05, 0) is 47.5 Å². The van der Waals surface area contributed by atoms with Gasteiger partial charge in [0.05, 0.1) is 45.8 Å². The Morgan fingerprint density at radius 1 is 0.712 bits per heavy atom. The molecule has 5 heterocycles. The number of sulfone groups is 1. The maximum absolute atomic E-state index is 14.7. The lowest BCUT2D eigenvalue weighted by molar-refractivity contribution is 0.0816. The van der Waals surface area contributed by atoms with Crippen LogP contribution in [0.5, 0.6) is 0 Å². The molecule has 0 amide bonds. The molecule has 0 saturated carbocycles. The van der Waals surface area contributed by atoms with Gasteiger partial charge < -0.3 is 14.0 Å². The summed E-state index contributed by atoms with van der Waals surface area (Å²) in [5.74, 6) is 0. The summed E-state index contributed by atoms with van der Waals surface area (Å²) in [5.41, 5.74) is 3.86. The molecule has 17 heteroatoms. The molecule has 0 aliphatic carbocycles. The quantitative estimate of drug-likeness (QED) is 0.0693. The lowest BCUT2D eigenvalue weighted by atomic mass is 10.1. The Kier molecular flexibility index (Phi) is 11.1. The Morgan fingerprint density at radius 2 is 1.29 bits per heavy atom. The van der Waals surface area contributed by atoms with E-state index in [9.17, 15) is 13.2 Å². The molecule has 8 aromatic rings. The highest BCUT2D eigenvalue weighted by Gasteiger charge is 2.36.